The molecule has 0 aliphatic heterocycles. The lowest BCUT2D eigenvalue weighted by Gasteiger charge is -2.11. The highest BCUT2D eigenvalue weighted by Gasteiger charge is 2.30. The number of hydrogen-bond acceptors (Lipinski definition) is 3. The second-order valence-electron chi connectivity index (χ2n) is 2.49. The van der Waals surface area contributed by atoms with Gasteiger partial charge in [0.1, 0.15) is 6.10 Å². The van der Waals surface area contributed by atoms with Gasteiger partial charge in [-0.1, -0.05) is 6.92 Å². The first kappa shape index (κ1) is 12.1. The molecule has 0 saturated heterocycles. The summed E-state index contributed by atoms with van der Waals surface area (Å²) in [5.41, 5.74) is 0. The van der Waals surface area contributed by atoms with E-state index in [1.807, 2.05) is 0 Å². The molecule has 0 aliphatic rings. The zero-order valence-corrected chi connectivity index (χ0v) is 7.35. The van der Waals surface area contributed by atoms with Crippen LogP contribution in [-0.4, -0.2) is 25.0 Å². The topological polar surface area (TPSA) is 35.5 Å². The third-order valence-electron chi connectivity index (χ3n) is 1.23. The normalized spacial score (nSPS) is 13.6. The number of ether oxygens (including phenoxy) is 2. The van der Waals surface area contributed by atoms with E-state index in [2.05, 4.69) is 9.47 Å². The molecule has 0 aromatic carbocycles. The summed E-state index contributed by atoms with van der Waals surface area (Å²) < 4.78 is 42.7. The largest absolute Gasteiger partial charge is 0.508 e. The van der Waals surface area contributed by atoms with Gasteiger partial charge in [0, 0.05) is 0 Å². The molecule has 0 fully saturated rings. The molecule has 0 saturated carbocycles. The van der Waals surface area contributed by atoms with Gasteiger partial charge in [-0.3, -0.25) is 0 Å². The minimum atomic E-state index is -4.51. The summed E-state index contributed by atoms with van der Waals surface area (Å²) in [4.78, 5) is 10.5. The summed E-state index contributed by atoms with van der Waals surface area (Å²) in [7, 11) is 0. The standard InChI is InChI=1S/C7H11F3O3/c1-3-5(2)13-6(11)12-4-7(8,9)10/h5H,3-4H2,1-2H3/t5-/m1/s1. The van der Waals surface area contributed by atoms with Crippen molar-refractivity contribution < 1.29 is 27.4 Å². The van der Waals surface area contributed by atoms with Gasteiger partial charge >= 0.3 is 12.3 Å². The Labute approximate surface area is 73.8 Å². The van der Waals surface area contributed by atoms with E-state index in [0.717, 1.165) is 0 Å². The second-order valence-corrected chi connectivity index (χ2v) is 2.49. The van der Waals surface area contributed by atoms with Gasteiger partial charge in [0.25, 0.3) is 0 Å². The van der Waals surface area contributed by atoms with Crippen molar-refractivity contribution >= 4 is 6.16 Å². The molecule has 1 atom stereocenters. The summed E-state index contributed by atoms with van der Waals surface area (Å²) in [6.07, 6.45) is -5.69. The van der Waals surface area contributed by atoms with E-state index < -0.39 is 25.0 Å². The smallest absolute Gasteiger partial charge is 0.431 e. The van der Waals surface area contributed by atoms with Crippen LogP contribution in [0.3, 0.4) is 0 Å². The van der Waals surface area contributed by atoms with E-state index >= 15 is 0 Å². The van der Waals surface area contributed by atoms with Gasteiger partial charge in [-0.15, -0.1) is 0 Å². The van der Waals surface area contributed by atoms with Crippen LogP contribution in [0.4, 0.5) is 18.0 Å². The minimum absolute atomic E-state index is 0.430. The molecule has 0 aliphatic carbocycles. The number of carbonyl (C=O) groups is 1. The molecule has 0 heterocycles. The average molecular weight is 200 g/mol. The first-order chi connectivity index (χ1) is 5.85. The maximum absolute atomic E-state index is 11.5. The monoisotopic (exact) mass is 200 g/mol. The molecule has 0 aromatic rings. The van der Waals surface area contributed by atoms with E-state index in [9.17, 15) is 18.0 Å². The molecule has 0 radical (unpaired) electrons. The third-order valence-corrected chi connectivity index (χ3v) is 1.23. The minimum Gasteiger partial charge on any atom is -0.431 e. The molecule has 0 rings (SSSR count). The Kier molecular flexibility index (Phi) is 4.58. The first-order valence-electron chi connectivity index (χ1n) is 3.75. The van der Waals surface area contributed by atoms with Crippen LogP contribution in [0.15, 0.2) is 0 Å². The Hall–Kier alpha value is -0.940. The van der Waals surface area contributed by atoms with Crippen molar-refractivity contribution in [2.75, 3.05) is 6.61 Å². The van der Waals surface area contributed by atoms with Gasteiger partial charge in [0.15, 0.2) is 6.61 Å². The Bertz CT molecular complexity index is 167. The van der Waals surface area contributed by atoms with Crippen molar-refractivity contribution in [2.24, 2.45) is 0 Å². The SMILES string of the molecule is CC[C@@H](C)OC(=O)OCC(F)(F)F. The van der Waals surface area contributed by atoms with Crippen LogP contribution in [0.1, 0.15) is 20.3 Å². The van der Waals surface area contributed by atoms with Crippen molar-refractivity contribution in [3.63, 3.8) is 0 Å². The fourth-order valence-corrected chi connectivity index (χ4v) is 0.422. The quantitative estimate of drug-likeness (QED) is 0.656. The molecule has 13 heavy (non-hydrogen) atoms. The Balaban J connectivity index is 3.64. The van der Waals surface area contributed by atoms with Gasteiger partial charge in [-0.2, -0.15) is 13.2 Å². The summed E-state index contributed by atoms with van der Waals surface area (Å²) in [5.74, 6) is 0. The molecule has 6 heteroatoms. The van der Waals surface area contributed by atoms with Crippen LogP contribution >= 0.6 is 0 Å². The van der Waals surface area contributed by atoms with E-state index in [-0.39, 0.29) is 0 Å². The molecular formula is C7H11F3O3. The van der Waals surface area contributed by atoms with Crippen LogP contribution < -0.4 is 0 Å². The van der Waals surface area contributed by atoms with Crippen LogP contribution in [0, 0.1) is 0 Å². The third kappa shape index (κ3) is 7.42. The summed E-state index contributed by atoms with van der Waals surface area (Å²) in [5, 5.41) is 0. The highest BCUT2D eigenvalue weighted by atomic mass is 19.4. The van der Waals surface area contributed by atoms with Gasteiger partial charge < -0.3 is 9.47 Å². The molecule has 0 bridgehead atoms. The zero-order chi connectivity index (χ0) is 10.5. The predicted molar refractivity (Wildman–Crippen MR) is 38.2 cm³/mol. The number of rotatable bonds is 3. The maximum atomic E-state index is 11.5. The van der Waals surface area contributed by atoms with Crippen molar-refractivity contribution in [1.82, 2.24) is 0 Å². The summed E-state index contributed by atoms with van der Waals surface area (Å²) in [6.45, 7) is 1.69. The average Bonchev–Trinajstić information content (AvgIpc) is 1.99. The molecule has 0 amide bonds. The van der Waals surface area contributed by atoms with Crippen molar-refractivity contribution in [3.05, 3.63) is 0 Å². The van der Waals surface area contributed by atoms with Crippen LogP contribution in [-0.2, 0) is 9.47 Å². The molecule has 0 unspecified atom stereocenters. The molecule has 3 nitrogen and oxygen atoms in total. The van der Waals surface area contributed by atoms with Crippen molar-refractivity contribution in [2.45, 2.75) is 32.5 Å². The van der Waals surface area contributed by atoms with Gasteiger partial charge in [-0.25, -0.2) is 4.79 Å². The van der Waals surface area contributed by atoms with Crippen LogP contribution in [0.5, 0.6) is 0 Å². The zero-order valence-electron chi connectivity index (χ0n) is 7.35. The first-order valence-corrected chi connectivity index (χ1v) is 3.75. The highest BCUT2D eigenvalue weighted by Crippen LogP contribution is 2.14. The summed E-state index contributed by atoms with van der Waals surface area (Å²) >= 11 is 0. The number of halogens is 3. The van der Waals surface area contributed by atoms with Crippen molar-refractivity contribution in [3.8, 4) is 0 Å². The number of hydrogen-bond donors (Lipinski definition) is 0. The lowest BCUT2D eigenvalue weighted by Crippen LogP contribution is -2.23. The lowest BCUT2D eigenvalue weighted by molar-refractivity contribution is -0.166. The van der Waals surface area contributed by atoms with E-state index in [0.29, 0.717) is 6.42 Å². The fraction of sp³-hybridized carbons (Fsp3) is 0.857. The fourth-order valence-electron chi connectivity index (χ4n) is 0.422. The Morgan fingerprint density at radius 2 is 2.00 bits per heavy atom. The van der Waals surface area contributed by atoms with E-state index in [1.54, 1.807) is 13.8 Å². The Morgan fingerprint density at radius 1 is 1.46 bits per heavy atom. The lowest BCUT2D eigenvalue weighted by atomic mass is 10.3. The van der Waals surface area contributed by atoms with Gasteiger partial charge in [-0.05, 0) is 13.3 Å². The molecule has 0 aromatic heterocycles. The predicted octanol–water partition coefficient (Wildman–Crippen LogP) is 2.50. The molecule has 0 N–H and O–H groups in total. The number of alkyl halides is 3. The number of carbonyl (C=O) groups excluding carboxylic acids is 1. The second kappa shape index (κ2) is 4.94. The van der Waals surface area contributed by atoms with Gasteiger partial charge in [0.05, 0.1) is 0 Å². The van der Waals surface area contributed by atoms with Gasteiger partial charge in [0.2, 0.25) is 0 Å². The maximum Gasteiger partial charge on any atom is 0.508 e. The molecule has 0 spiro atoms. The Morgan fingerprint density at radius 3 is 2.38 bits per heavy atom. The summed E-state index contributed by atoms with van der Waals surface area (Å²) in [6, 6.07) is 0. The van der Waals surface area contributed by atoms with Crippen LogP contribution in [0.2, 0.25) is 0 Å². The van der Waals surface area contributed by atoms with Crippen LogP contribution in [0.25, 0.3) is 0 Å². The molecular weight excluding hydrogens is 189 g/mol. The van der Waals surface area contributed by atoms with E-state index in [1.165, 1.54) is 0 Å². The van der Waals surface area contributed by atoms with Crippen molar-refractivity contribution in [1.29, 1.82) is 0 Å². The highest BCUT2D eigenvalue weighted by molar-refractivity contribution is 5.60. The van der Waals surface area contributed by atoms with E-state index in [4.69, 9.17) is 0 Å². The molecule has 78 valence electrons.